The van der Waals surface area contributed by atoms with Gasteiger partial charge in [0.15, 0.2) is 0 Å². The van der Waals surface area contributed by atoms with Crippen LogP contribution < -0.4 is 5.56 Å². The summed E-state index contributed by atoms with van der Waals surface area (Å²) >= 11 is 0. The Kier molecular flexibility index (Phi) is 7.42. The Morgan fingerprint density at radius 2 is 1.96 bits per heavy atom. The van der Waals surface area contributed by atoms with Gasteiger partial charge in [-0.05, 0) is 26.0 Å². The molecule has 0 bridgehead atoms. The van der Waals surface area contributed by atoms with Crippen LogP contribution in [-0.4, -0.2) is 4.98 Å². The monoisotopic (exact) mass is 335 g/mol. The summed E-state index contributed by atoms with van der Waals surface area (Å²) in [5, 5.41) is 0. The molecule has 0 aliphatic rings. The zero-order valence-corrected chi connectivity index (χ0v) is 14.0. The van der Waals surface area contributed by atoms with E-state index < -0.39 is 0 Å². The number of hydrogen-bond acceptors (Lipinski definition) is 2. The predicted octanol–water partition coefficient (Wildman–Crippen LogP) is 6.09. The molecule has 0 amide bonds. The number of rotatable bonds is 6. The Bertz CT molecular complexity index is 869. The first-order valence-corrected chi connectivity index (χ1v) is 7.73. The van der Waals surface area contributed by atoms with Crippen LogP contribution in [0.3, 0.4) is 0 Å². The maximum absolute atomic E-state index is 11.4. The van der Waals surface area contributed by atoms with E-state index in [1.54, 1.807) is 24.4 Å². The van der Waals surface area contributed by atoms with Crippen LogP contribution in [0.15, 0.2) is 71.1 Å². The maximum Gasteiger partial charge on any atom is 0.247 e. The van der Waals surface area contributed by atoms with Crippen molar-refractivity contribution in [3.8, 4) is 11.1 Å². The fourth-order valence-corrected chi connectivity index (χ4v) is 2.43. The van der Waals surface area contributed by atoms with Gasteiger partial charge in [-0.1, -0.05) is 57.0 Å². The minimum atomic E-state index is -0.147. The van der Waals surface area contributed by atoms with E-state index in [9.17, 15) is 4.79 Å². The first-order chi connectivity index (χ1) is 11.7. The smallest absolute Gasteiger partial charge is 0.247 e. The lowest BCUT2D eigenvalue weighted by atomic mass is 9.98. The molecule has 0 saturated heterocycles. The van der Waals surface area contributed by atoms with E-state index in [1.807, 2.05) is 44.2 Å². The van der Waals surface area contributed by atoms with Gasteiger partial charge in [-0.25, -0.2) is 0 Å². The number of aromatic nitrogens is 1. The molecular weight excluding hydrogens is 310 g/mol. The number of allylic oxidation sites excluding steroid dienone is 6. The minimum Gasteiger partial charge on any atom is -0.455 e. The topological polar surface area (TPSA) is 46.0 Å². The van der Waals surface area contributed by atoms with Gasteiger partial charge in [-0.15, -0.1) is 0 Å². The van der Waals surface area contributed by atoms with Crippen molar-refractivity contribution in [1.82, 2.24) is 4.98 Å². The van der Waals surface area contributed by atoms with E-state index in [0.29, 0.717) is 5.76 Å². The molecule has 2 heterocycles. The molecule has 1 N–H and O–H groups in total. The third-order valence-corrected chi connectivity index (χ3v) is 3.52. The molecule has 2 rings (SSSR count). The Hall–Kier alpha value is -3.07. The zero-order chi connectivity index (χ0) is 17.5. The normalized spacial score (nSPS) is 11.7. The highest BCUT2D eigenvalue weighted by Gasteiger charge is 2.20. The largest absolute Gasteiger partial charge is 0.455 e. The van der Waals surface area contributed by atoms with E-state index in [2.05, 4.69) is 18.1 Å². The Morgan fingerprint density at radius 1 is 1.20 bits per heavy atom. The number of furan rings is 1. The number of hydrogen-bond donors (Lipinski definition) is 1. The minimum absolute atomic E-state index is 0. The lowest BCUT2D eigenvalue weighted by Crippen LogP contribution is -2.01. The van der Waals surface area contributed by atoms with Crippen LogP contribution in [-0.2, 0) is 0 Å². The van der Waals surface area contributed by atoms with Crippen LogP contribution in [0.4, 0.5) is 0 Å². The molecule has 0 saturated carbocycles. The Balaban J connectivity index is 0.00000312. The van der Waals surface area contributed by atoms with E-state index in [1.165, 1.54) is 6.07 Å². The molecular formula is C22H25NO2. The van der Waals surface area contributed by atoms with E-state index in [0.717, 1.165) is 28.0 Å². The molecule has 0 fully saturated rings. The van der Waals surface area contributed by atoms with Crippen molar-refractivity contribution in [1.29, 1.82) is 0 Å². The van der Waals surface area contributed by atoms with Gasteiger partial charge >= 0.3 is 0 Å². The lowest BCUT2D eigenvalue weighted by Gasteiger charge is -2.04. The lowest BCUT2D eigenvalue weighted by molar-refractivity contribution is 0.544. The third-order valence-electron chi connectivity index (χ3n) is 3.52. The highest BCUT2D eigenvalue weighted by Crippen LogP contribution is 2.38. The van der Waals surface area contributed by atoms with Crippen molar-refractivity contribution < 1.29 is 4.42 Å². The summed E-state index contributed by atoms with van der Waals surface area (Å²) in [6.45, 7) is 11.7. The molecule has 3 heteroatoms. The molecule has 0 spiro atoms. The fourth-order valence-electron chi connectivity index (χ4n) is 2.43. The second-order valence-corrected chi connectivity index (χ2v) is 5.08. The van der Waals surface area contributed by atoms with Crippen molar-refractivity contribution >= 4 is 17.7 Å². The van der Waals surface area contributed by atoms with E-state index in [4.69, 9.17) is 4.42 Å². The molecule has 25 heavy (non-hydrogen) atoms. The highest BCUT2D eigenvalue weighted by atomic mass is 16.3. The molecule has 2 aromatic rings. The summed E-state index contributed by atoms with van der Waals surface area (Å²) in [5.41, 5.74) is 3.32. The quantitative estimate of drug-likeness (QED) is 0.649. The van der Waals surface area contributed by atoms with Crippen LogP contribution in [0.2, 0.25) is 0 Å². The molecule has 2 aromatic heterocycles. The molecule has 130 valence electrons. The average Bonchev–Trinajstić information content (AvgIpc) is 2.95. The van der Waals surface area contributed by atoms with Gasteiger partial charge < -0.3 is 9.40 Å². The number of nitrogens with one attached hydrogen (secondary N) is 1. The van der Waals surface area contributed by atoms with E-state index in [-0.39, 0.29) is 13.0 Å². The molecule has 0 aliphatic heterocycles. The first-order valence-electron chi connectivity index (χ1n) is 7.73. The first kappa shape index (κ1) is 20.0. The van der Waals surface area contributed by atoms with Crippen molar-refractivity contribution in [3.63, 3.8) is 0 Å². The molecule has 3 nitrogen and oxygen atoms in total. The van der Waals surface area contributed by atoms with Crippen molar-refractivity contribution in [2.45, 2.75) is 21.3 Å². The van der Waals surface area contributed by atoms with Gasteiger partial charge in [0, 0.05) is 34.5 Å². The summed E-state index contributed by atoms with van der Waals surface area (Å²) in [4.78, 5) is 14.1. The van der Waals surface area contributed by atoms with Crippen molar-refractivity contribution in [2.24, 2.45) is 0 Å². The highest BCUT2D eigenvalue weighted by molar-refractivity contribution is 5.90. The summed E-state index contributed by atoms with van der Waals surface area (Å²) in [6, 6.07) is 3.27. The summed E-state index contributed by atoms with van der Waals surface area (Å²) < 4.78 is 6.09. The second-order valence-electron chi connectivity index (χ2n) is 5.08. The number of aromatic amines is 1. The van der Waals surface area contributed by atoms with Gasteiger partial charge in [0.05, 0.1) is 0 Å². The standard InChI is InChI=1S/C21H21NO2.CH4/c1-5-9-11-15(7-3)21-20(16-12-13-19(23)22-14-16)17(8-4)18(24-21)10-6-2;/h5-14H,3-4H2,1-2H3,(H,22,23);1H4/b9-5-,10-6-,15-11+;. The van der Waals surface area contributed by atoms with Crippen molar-refractivity contribution in [3.05, 3.63) is 89.3 Å². The third kappa shape index (κ3) is 4.27. The zero-order valence-electron chi connectivity index (χ0n) is 14.0. The van der Waals surface area contributed by atoms with Gasteiger partial charge in [-0.3, -0.25) is 4.79 Å². The van der Waals surface area contributed by atoms with Gasteiger partial charge in [0.25, 0.3) is 0 Å². The average molecular weight is 335 g/mol. The fraction of sp³-hybridized carbons (Fsp3) is 0.136. The van der Waals surface area contributed by atoms with Crippen LogP contribution in [0.1, 0.15) is 38.4 Å². The maximum atomic E-state index is 11.4. The van der Waals surface area contributed by atoms with Crippen LogP contribution in [0.25, 0.3) is 28.9 Å². The summed E-state index contributed by atoms with van der Waals surface area (Å²) in [7, 11) is 0. The molecule has 0 radical (unpaired) electrons. The number of H-pyrrole nitrogens is 1. The van der Waals surface area contributed by atoms with Crippen molar-refractivity contribution in [2.75, 3.05) is 0 Å². The van der Waals surface area contributed by atoms with Gasteiger partial charge in [0.1, 0.15) is 11.5 Å². The van der Waals surface area contributed by atoms with Gasteiger partial charge in [0.2, 0.25) is 5.56 Å². The summed E-state index contributed by atoms with van der Waals surface area (Å²) in [6.07, 6.45) is 14.8. The van der Waals surface area contributed by atoms with E-state index >= 15 is 0 Å². The number of pyridine rings is 1. The molecule has 0 atom stereocenters. The predicted molar refractivity (Wildman–Crippen MR) is 109 cm³/mol. The molecule has 0 unspecified atom stereocenters. The van der Waals surface area contributed by atoms with Gasteiger partial charge in [-0.2, -0.15) is 0 Å². The Morgan fingerprint density at radius 3 is 2.48 bits per heavy atom. The SMILES string of the molecule is C.C=C/C(=C\C=C/C)c1oc(/C=C\C)c(C=C)c1-c1ccc(=O)[nH]c1. The molecule has 0 aromatic carbocycles. The van der Waals surface area contributed by atoms with Crippen LogP contribution in [0.5, 0.6) is 0 Å². The van der Waals surface area contributed by atoms with Crippen LogP contribution >= 0.6 is 0 Å². The summed E-state index contributed by atoms with van der Waals surface area (Å²) in [5.74, 6) is 1.41. The second kappa shape index (κ2) is 9.28. The van der Waals surface area contributed by atoms with Crippen LogP contribution in [0, 0.1) is 0 Å². The molecule has 0 aliphatic carbocycles. The Labute approximate surface area is 149 Å².